The van der Waals surface area contributed by atoms with E-state index in [4.69, 9.17) is 4.74 Å². The molecule has 0 aliphatic carbocycles. The van der Waals surface area contributed by atoms with E-state index >= 15 is 0 Å². The van der Waals surface area contributed by atoms with Gasteiger partial charge in [0.25, 0.3) is 0 Å². The molecule has 0 spiro atoms. The Hall–Kier alpha value is -0.300. The summed E-state index contributed by atoms with van der Waals surface area (Å²) in [5, 5.41) is 0. The smallest absolute Gasteiger partial charge is 0.0677 e. The highest BCUT2D eigenvalue weighted by Gasteiger charge is 2.14. The van der Waals surface area contributed by atoms with Crippen molar-refractivity contribution >= 4 is 0 Å². The summed E-state index contributed by atoms with van der Waals surface area (Å²) in [6.45, 7) is 6.99. The monoisotopic (exact) mass is 182 g/mol. The van der Waals surface area contributed by atoms with E-state index in [-0.39, 0.29) is 0 Å². The first-order valence-electron chi connectivity index (χ1n) is 5.61. The van der Waals surface area contributed by atoms with Gasteiger partial charge in [-0.05, 0) is 19.3 Å². The normalized spacial score (nSPS) is 23.5. The van der Waals surface area contributed by atoms with Gasteiger partial charge in [0.2, 0.25) is 0 Å². The third kappa shape index (κ3) is 4.47. The largest absolute Gasteiger partial charge is 0.374 e. The van der Waals surface area contributed by atoms with Crippen LogP contribution in [0.3, 0.4) is 0 Å². The molecular formula is C12H22O. The molecule has 0 radical (unpaired) electrons. The average Bonchev–Trinajstić information content (AvgIpc) is 2.15. The fraction of sp³-hybridized carbons (Fsp3) is 0.833. The van der Waals surface area contributed by atoms with Crippen LogP contribution in [0.25, 0.3) is 0 Å². The van der Waals surface area contributed by atoms with E-state index in [2.05, 4.69) is 13.5 Å². The second-order valence-electron chi connectivity index (χ2n) is 4.07. The Bertz CT molecular complexity index is 141. The fourth-order valence-electron chi connectivity index (χ4n) is 1.78. The lowest BCUT2D eigenvalue weighted by molar-refractivity contribution is 0.0353. The minimum Gasteiger partial charge on any atom is -0.374 e. The topological polar surface area (TPSA) is 9.23 Å². The van der Waals surface area contributed by atoms with Crippen molar-refractivity contribution < 1.29 is 4.74 Å². The summed E-state index contributed by atoms with van der Waals surface area (Å²) in [6.07, 6.45) is 9.57. The second-order valence-corrected chi connectivity index (χ2v) is 4.07. The zero-order valence-electron chi connectivity index (χ0n) is 8.85. The maximum absolute atomic E-state index is 5.67. The molecule has 76 valence electrons. The van der Waals surface area contributed by atoms with Gasteiger partial charge < -0.3 is 4.74 Å². The standard InChI is InChI=1S/C12H22O/c1-3-4-5-6-7-12-9-8-11(2)10-13-12/h12H,2-10H2,1H3. The molecule has 1 saturated heterocycles. The average molecular weight is 182 g/mol. The highest BCUT2D eigenvalue weighted by atomic mass is 16.5. The minimum atomic E-state index is 0.530. The van der Waals surface area contributed by atoms with Gasteiger partial charge in [0.1, 0.15) is 0 Å². The van der Waals surface area contributed by atoms with Crippen molar-refractivity contribution in [3.63, 3.8) is 0 Å². The van der Waals surface area contributed by atoms with Crippen molar-refractivity contribution in [3.05, 3.63) is 12.2 Å². The van der Waals surface area contributed by atoms with Crippen LogP contribution in [0.2, 0.25) is 0 Å². The van der Waals surface area contributed by atoms with Crippen molar-refractivity contribution in [1.29, 1.82) is 0 Å². The number of hydrogen-bond acceptors (Lipinski definition) is 1. The zero-order valence-corrected chi connectivity index (χ0v) is 8.85. The van der Waals surface area contributed by atoms with Crippen molar-refractivity contribution in [2.45, 2.75) is 58.0 Å². The molecule has 0 bridgehead atoms. The van der Waals surface area contributed by atoms with Crippen LogP contribution in [0, 0.1) is 0 Å². The Kier molecular flexibility index (Phi) is 5.14. The summed E-state index contributed by atoms with van der Waals surface area (Å²) in [4.78, 5) is 0. The molecule has 1 unspecified atom stereocenters. The first-order chi connectivity index (χ1) is 6.33. The minimum absolute atomic E-state index is 0.530. The molecular weight excluding hydrogens is 160 g/mol. The van der Waals surface area contributed by atoms with Crippen LogP contribution in [0.4, 0.5) is 0 Å². The number of ether oxygens (including phenoxy) is 1. The molecule has 1 rings (SSSR count). The molecule has 1 nitrogen and oxygen atoms in total. The Labute approximate surface area is 82.2 Å². The molecule has 0 aromatic rings. The van der Waals surface area contributed by atoms with Crippen LogP contribution in [0.5, 0.6) is 0 Å². The summed E-state index contributed by atoms with van der Waals surface area (Å²) >= 11 is 0. The molecule has 1 aliphatic heterocycles. The summed E-state index contributed by atoms with van der Waals surface area (Å²) in [7, 11) is 0. The Morgan fingerprint density at radius 1 is 1.38 bits per heavy atom. The van der Waals surface area contributed by atoms with Crippen LogP contribution < -0.4 is 0 Å². The first-order valence-corrected chi connectivity index (χ1v) is 5.61. The quantitative estimate of drug-likeness (QED) is 0.465. The van der Waals surface area contributed by atoms with Gasteiger partial charge in [-0.15, -0.1) is 0 Å². The van der Waals surface area contributed by atoms with E-state index in [1.165, 1.54) is 50.5 Å². The Morgan fingerprint density at radius 2 is 2.23 bits per heavy atom. The van der Waals surface area contributed by atoms with Gasteiger partial charge in [-0.2, -0.15) is 0 Å². The van der Waals surface area contributed by atoms with Crippen LogP contribution in [-0.2, 0) is 4.74 Å². The predicted molar refractivity (Wildman–Crippen MR) is 56.9 cm³/mol. The summed E-state index contributed by atoms with van der Waals surface area (Å²) < 4.78 is 5.67. The summed E-state index contributed by atoms with van der Waals surface area (Å²) in [6, 6.07) is 0. The van der Waals surface area contributed by atoms with Gasteiger partial charge in [0.05, 0.1) is 12.7 Å². The van der Waals surface area contributed by atoms with E-state index in [1.54, 1.807) is 0 Å². The summed E-state index contributed by atoms with van der Waals surface area (Å²) in [5.41, 5.74) is 1.27. The molecule has 0 aromatic carbocycles. The van der Waals surface area contributed by atoms with Crippen molar-refractivity contribution in [2.24, 2.45) is 0 Å². The van der Waals surface area contributed by atoms with Gasteiger partial charge >= 0.3 is 0 Å². The van der Waals surface area contributed by atoms with Crippen LogP contribution >= 0.6 is 0 Å². The third-order valence-corrected chi connectivity index (χ3v) is 2.72. The van der Waals surface area contributed by atoms with Crippen molar-refractivity contribution in [1.82, 2.24) is 0 Å². The van der Waals surface area contributed by atoms with E-state index in [0.717, 1.165) is 6.61 Å². The fourth-order valence-corrected chi connectivity index (χ4v) is 1.78. The van der Waals surface area contributed by atoms with E-state index < -0.39 is 0 Å². The lowest BCUT2D eigenvalue weighted by atomic mass is 10.0. The molecule has 1 aliphatic rings. The van der Waals surface area contributed by atoms with E-state index in [1.807, 2.05) is 0 Å². The SMILES string of the molecule is C=C1CCC(CCCCCC)OC1. The van der Waals surface area contributed by atoms with Crippen LogP contribution in [0.1, 0.15) is 51.9 Å². The lowest BCUT2D eigenvalue weighted by Gasteiger charge is -2.24. The molecule has 0 aromatic heterocycles. The lowest BCUT2D eigenvalue weighted by Crippen LogP contribution is -2.20. The number of unbranched alkanes of at least 4 members (excludes halogenated alkanes) is 3. The highest BCUT2D eigenvalue weighted by Crippen LogP contribution is 2.20. The maximum atomic E-state index is 5.67. The molecule has 0 N–H and O–H groups in total. The van der Waals surface area contributed by atoms with Gasteiger partial charge in [-0.1, -0.05) is 44.8 Å². The molecule has 13 heavy (non-hydrogen) atoms. The Morgan fingerprint density at radius 3 is 2.85 bits per heavy atom. The van der Waals surface area contributed by atoms with Gasteiger partial charge in [0, 0.05) is 0 Å². The highest BCUT2D eigenvalue weighted by molar-refractivity contribution is 4.97. The van der Waals surface area contributed by atoms with Crippen LogP contribution in [0.15, 0.2) is 12.2 Å². The molecule has 0 saturated carbocycles. The first kappa shape index (κ1) is 10.8. The molecule has 1 heteroatoms. The maximum Gasteiger partial charge on any atom is 0.0677 e. The van der Waals surface area contributed by atoms with Gasteiger partial charge in [-0.25, -0.2) is 0 Å². The van der Waals surface area contributed by atoms with E-state index in [9.17, 15) is 0 Å². The predicted octanol–water partition coefficient (Wildman–Crippen LogP) is 3.69. The van der Waals surface area contributed by atoms with Gasteiger partial charge in [0.15, 0.2) is 0 Å². The van der Waals surface area contributed by atoms with Crippen LogP contribution in [-0.4, -0.2) is 12.7 Å². The number of rotatable bonds is 5. The van der Waals surface area contributed by atoms with E-state index in [0.29, 0.717) is 6.10 Å². The van der Waals surface area contributed by atoms with Crippen molar-refractivity contribution in [2.75, 3.05) is 6.61 Å². The number of hydrogen-bond donors (Lipinski definition) is 0. The molecule has 1 atom stereocenters. The van der Waals surface area contributed by atoms with Crippen molar-refractivity contribution in [3.8, 4) is 0 Å². The zero-order chi connectivity index (χ0) is 9.52. The Balaban J connectivity index is 1.99. The summed E-state index contributed by atoms with van der Waals surface area (Å²) in [5.74, 6) is 0. The third-order valence-electron chi connectivity index (χ3n) is 2.72. The van der Waals surface area contributed by atoms with Gasteiger partial charge in [-0.3, -0.25) is 0 Å². The second kappa shape index (κ2) is 6.20. The molecule has 1 heterocycles. The molecule has 1 fully saturated rings. The molecule has 0 amide bonds.